The number of hydrogen-bond donors (Lipinski definition) is 1. The van der Waals surface area contributed by atoms with Crippen molar-refractivity contribution in [1.82, 2.24) is 10.2 Å². The van der Waals surface area contributed by atoms with Gasteiger partial charge in [0.25, 0.3) is 0 Å². The first kappa shape index (κ1) is 15.4. The van der Waals surface area contributed by atoms with Gasteiger partial charge in [0, 0.05) is 25.0 Å². The van der Waals surface area contributed by atoms with Crippen LogP contribution in [-0.2, 0) is 9.53 Å². The van der Waals surface area contributed by atoms with E-state index in [1.165, 1.54) is 0 Å². The Hall–Kier alpha value is -1.52. The van der Waals surface area contributed by atoms with Crippen molar-refractivity contribution in [2.24, 2.45) is 17.8 Å². The summed E-state index contributed by atoms with van der Waals surface area (Å²) >= 11 is 0. The van der Waals surface area contributed by atoms with Crippen molar-refractivity contribution in [2.75, 3.05) is 13.1 Å². The van der Waals surface area contributed by atoms with Gasteiger partial charge in [0.2, 0.25) is 5.91 Å². The van der Waals surface area contributed by atoms with Crippen molar-refractivity contribution in [3.05, 3.63) is 12.2 Å². The van der Waals surface area contributed by atoms with E-state index in [4.69, 9.17) is 4.74 Å². The monoisotopic (exact) mass is 306 g/mol. The molecule has 1 N–H and O–H groups in total. The average molecular weight is 306 g/mol. The summed E-state index contributed by atoms with van der Waals surface area (Å²) in [4.78, 5) is 26.1. The van der Waals surface area contributed by atoms with Crippen LogP contribution in [-0.4, -0.2) is 41.6 Å². The van der Waals surface area contributed by atoms with E-state index in [0.717, 1.165) is 19.3 Å². The minimum absolute atomic E-state index is 0.0584. The fraction of sp³-hybridized carbons (Fsp3) is 0.765. The molecule has 5 heteroatoms. The third-order valence-corrected chi connectivity index (χ3v) is 4.80. The Morgan fingerprint density at radius 3 is 2.59 bits per heavy atom. The Kier molecular flexibility index (Phi) is 3.91. The molecule has 3 rings (SSSR count). The second-order valence-corrected chi connectivity index (χ2v) is 7.81. The first-order valence-electron chi connectivity index (χ1n) is 8.28. The number of amides is 2. The van der Waals surface area contributed by atoms with Gasteiger partial charge in [0.05, 0.1) is 0 Å². The van der Waals surface area contributed by atoms with Crippen LogP contribution in [0.25, 0.3) is 0 Å². The number of carbonyl (C=O) groups excluding carboxylic acids is 2. The molecule has 122 valence electrons. The molecule has 0 aromatic rings. The zero-order chi connectivity index (χ0) is 15.9. The Balaban J connectivity index is 1.48. The molecule has 0 unspecified atom stereocenters. The summed E-state index contributed by atoms with van der Waals surface area (Å²) in [5, 5.41) is 3.13. The number of nitrogens with one attached hydrogen (secondary N) is 1. The topological polar surface area (TPSA) is 58.6 Å². The van der Waals surface area contributed by atoms with Crippen LogP contribution < -0.4 is 5.32 Å². The van der Waals surface area contributed by atoms with Crippen molar-refractivity contribution in [1.29, 1.82) is 0 Å². The maximum absolute atomic E-state index is 12.4. The molecule has 22 heavy (non-hydrogen) atoms. The lowest BCUT2D eigenvalue weighted by atomic mass is 9.92. The van der Waals surface area contributed by atoms with Crippen molar-refractivity contribution < 1.29 is 14.3 Å². The van der Waals surface area contributed by atoms with E-state index >= 15 is 0 Å². The van der Waals surface area contributed by atoms with Crippen LogP contribution in [0.5, 0.6) is 0 Å². The molecule has 2 aliphatic carbocycles. The minimum Gasteiger partial charge on any atom is -0.444 e. The molecule has 1 saturated carbocycles. The number of nitrogens with zero attached hydrogens (tertiary/aromatic N) is 1. The van der Waals surface area contributed by atoms with Crippen LogP contribution in [0.15, 0.2) is 12.2 Å². The van der Waals surface area contributed by atoms with Crippen molar-refractivity contribution >= 4 is 12.0 Å². The van der Waals surface area contributed by atoms with E-state index in [1.807, 2.05) is 20.8 Å². The number of rotatable bonds is 2. The van der Waals surface area contributed by atoms with Gasteiger partial charge in [-0.25, -0.2) is 4.79 Å². The molecule has 3 aliphatic rings. The fourth-order valence-electron chi connectivity index (χ4n) is 3.76. The standard InChI is InChI=1S/C17H26N2O3/c1-17(2,3)22-16(21)19-7-6-13(10-19)18-15(20)14-9-11-4-5-12(14)8-11/h4-5,11-14H,6-10H2,1-3H3,(H,18,20)/t11-,12-,13-,14-/m0/s1. The van der Waals surface area contributed by atoms with E-state index in [2.05, 4.69) is 17.5 Å². The van der Waals surface area contributed by atoms with E-state index in [1.54, 1.807) is 4.90 Å². The molecule has 1 aliphatic heterocycles. The van der Waals surface area contributed by atoms with Crippen molar-refractivity contribution in [3.8, 4) is 0 Å². The second kappa shape index (κ2) is 5.60. The molecule has 4 atom stereocenters. The van der Waals surface area contributed by atoms with Crippen LogP contribution in [0.1, 0.15) is 40.0 Å². The van der Waals surface area contributed by atoms with Gasteiger partial charge in [0.15, 0.2) is 0 Å². The van der Waals surface area contributed by atoms with E-state index in [9.17, 15) is 9.59 Å². The molecule has 0 aromatic carbocycles. The number of allylic oxidation sites excluding steroid dienone is 2. The molecule has 1 heterocycles. The van der Waals surface area contributed by atoms with Gasteiger partial charge < -0.3 is 15.0 Å². The highest BCUT2D eigenvalue weighted by Crippen LogP contribution is 2.43. The number of likely N-dealkylation sites (tertiary alicyclic amines) is 1. The molecule has 2 fully saturated rings. The van der Waals surface area contributed by atoms with E-state index < -0.39 is 5.60 Å². The zero-order valence-electron chi connectivity index (χ0n) is 13.7. The maximum atomic E-state index is 12.4. The van der Waals surface area contributed by atoms with Gasteiger partial charge >= 0.3 is 6.09 Å². The van der Waals surface area contributed by atoms with Crippen molar-refractivity contribution in [3.63, 3.8) is 0 Å². The lowest BCUT2D eigenvalue weighted by Crippen LogP contribution is -2.43. The molecule has 0 spiro atoms. The normalized spacial score (nSPS) is 33.3. The SMILES string of the molecule is CC(C)(C)OC(=O)N1CC[C@H](NC(=O)[C@H]2C[C@H]3C=C[C@H]2C3)C1. The Morgan fingerprint density at radius 1 is 1.23 bits per heavy atom. The summed E-state index contributed by atoms with van der Waals surface area (Å²) in [6.07, 6.45) is 7.07. The smallest absolute Gasteiger partial charge is 0.410 e. The summed E-state index contributed by atoms with van der Waals surface area (Å²) in [7, 11) is 0. The van der Waals surface area contributed by atoms with Crippen LogP contribution >= 0.6 is 0 Å². The third kappa shape index (κ3) is 3.28. The highest BCUT2D eigenvalue weighted by Gasteiger charge is 2.41. The predicted octanol–water partition coefficient (Wildman–Crippen LogP) is 2.32. The lowest BCUT2D eigenvalue weighted by molar-refractivity contribution is -0.126. The van der Waals surface area contributed by atoms with Crippen LogP contribution in [0.3, 0.4) is 0 Å². The Bertz CT molecular complexity index is 495. The summed E-state index contributed by atoms with van der Waals surface area (Å²) in [6.45, 7) is 6.79. The highest BCUT2D eigenvalue weighted by molar-refractivity contribution is 5.80. The van der Waals surface area contributed by atoms with E-state index in [-0.39, 0.29) is 24.0 Å². The van der Waals surface area contributed by atoms with Gasteiger partial charge in [0.1, 0.15) is 5.60 Å². The average Bonchev–Trinajstić information content (AvgIpc) is 3.12. The van der Waals surface area contributed by atoms with Gasteiger partial charge in [-0.1, -0.05) is 12.2 Å². The van der Waals surface area contributed by atoms with Crippen molar-refractivity contribution in [2.45, 2.75) is 51.7 Å². The fourth-order valence-corrected chi connectivity index (χ4v) is 3.76. The summed E-state index contributed by atoms with van der Waals surface area (Å²) < 4.78 is 5.38. The highest BCUT2D eigenvalue weighted by atomic mass is 16.6. The number of fused-ring (bicyclic) bond motifs is 2. The lowest BCUT2D eigenvalue weighted by Gasteiger charge is -2.25. The van der Waals surface area contributed by atoms with Gasteiger partial charge in [-0.3, -0.25) is 4.79 Å². The van der Waals surface area contributed by atoms with Gasteiger partial charge in [-0.2, -0.15) is 0 Å². The van der Waals surface area contributed by atoms with Gasteiger partial charge in [-0.15, -0.1) is 0 Å². The number of ether oxygens (including phenoxy) is 1. The molecule has 0 aromatic heterocycles. The summed E-state index contributed by atoms with van der Waals surface area (Å²) in [5.41, 5.74) is -0.478. The molecule has 2 bridgehead atoms. The molecular weight excluding hydrogens is 280 g/mol. The zero-order valence-corrected chi connectivity index (χ0v) is 13.7. The van der Waals surface area contributed by atoms with Crippen LogP contribution in [0.2, 0.25) is 0 Å². The van der Waals surface area contributed by atoms with E-state index in [0.29, 0.717) is 24.9 Å². The quantitative estimate of drug-likeness (QED) is 0.797. The minimum atomic E-state index is -0.478. The molecule has 0 radical (unpaired) electrons. The molecular formula is C17H26N2O3. The first-order valence-corrected chi connectivity index (χ1v) is 8.28. The molecule has 5 nitrogen and oxygen atoms in total. The number of hydrogen-bond acceptors (Lipinski definition) is 3. The Labute approximate surface area is 132 Å². The van der Waals surface area contributed by atoms with Gasteiger partial charge in [-0.05, 0) is 51.9 Å². The summed E-state index contributed by atoms with van der Waals surface area (Å²) in [5.74, 6) is 1.31. The Morgan fingerprint density at radius 2 is 2.00 bits per heavy atom. The first-order chi connectivity index (χ1) is 10.3. The molecule has 2 amide bonds. The van der Waals surface area contributed by atoms with Crippen LogP contribution in [0, 0.1) is 17.8 Å². The second-order valence-electron chi connectivity index (χ2n) is 7.81. The van der Waals surface area contributed by atoms with Crippen LogP contribution in [0.4, 0.5) is 4.79 Å². The predicted molar refractivity (Wildman–Crippen MR) is 83.2 cm³/mol. The summed E-state index contributed by atoms with van der Waals surface area (Å²) in [6, 6.07) is 0.0584. The number of carbonyl (C=O) groups is 2. The largest absolute Gasteiger partial charge is 0.444 e. The maximum Gasteiger partial charge on any atom is 0.410 e. The molecule has 1 saturated heterocycles. The third-order valence-electron chi connectivity index (χ3n) is 4.80.